The molecule has 0 aromatic heterocycles. The quantitative estimate of drug-likeness (QED) is 0.451. The predicted molar refractivity (Wildman–Crippen MR) is 140 cm³/mol. The molecular weight excluding hydrogens is 500 g/mol. The Morgan fingerprint density at radius 3 is 2.42 bits per heavy atom. The number of nitrogens with zero attached hydrogens (tertiary/aromatic N) is 1. The number of halogens is 1. The fraction of sp³-hybridized carbons (Fsp3) is 0.296. The predicted octanol–water partition coefficient (Wildman–Crippen LogP) is 5.27. The van der Waals surface area contributed by atoms with Gasteiger partial charge in [0.1, 0.15) is 23.6 Å². The Labute approximate surface area is 217 Å². The highest BCUT2D eigenvalue weighted by Gasteiger charge is 2.36. The summed E-state index contributed by atoms with van der Waals surface area (Å²) in [5, 5.41) is 3.45. The van der Waals surface area contributed by atoms with Crippen molar-refractivity contribution in [2.45, 2.75) is 43.7 Å². The molecule has 3 aromatic rings. The van der Waals surface area contributed by atoms with Gasteiger partial charge in [0.2, 0.25) is 5.91 Å². The van der Waals surface area contributed by atoms with Crippen LogP contribution >= 0.6 is 11.6 Å². The van der Waals surface area contributed by atoms with Crippen LogP contribution < -0.4 is 19.1 Å². The number of carbonyl (C=O) groups is 1. The summed E-state index contributed by atoms with van der Waals surface area (Å²) in [6, 6.07) is 18.0. The molecule has 36 heavy (non-hydrogen) atoms. The number of rotatable bonds is 7. The molecule has 1 heterocycles. The van der Waals surface area contributed by atoms with E-state index in [-0.39, 0.29) is 10.9 Å². The Hall–Kier alpha value is -3.23. The molecule has 0 saturated carbocycles. The Morgan fingerprint density at radius 1 is 1.11 bits per heavy atom. The molecule has 1 amide bonds. The van der Waals surface area contributed by atoms with Gasteiger partial charge in [0, 0.05) is 23.1 Å². The molecule has 0 fully saturated rings. The van der Waals surface area contributed by atoms with Gasteiger partial charge in [0.15, 0.2) is 0 Å². The van der Waals surface area contributed by atoms with Crippen LogP contribution in [0.25, 0.3) is 0 Å². The molecule has 1 atom stereocenters. The van der Waals surface area contributed by atoms with Gasteiger partial charge in [-0.25, -0.2) is 8.42 Å². The van der Waals surface area contributed by atoms with Crippen molar-refractivity contribution in [1.29, 1.82) is 0 Å². The Bertz CT molecular complexity index is 1360. The number of hydrogen-bond acceptors (Lipinski definition) is 5. The SMILES string of the molecule is COc1ccc2c(c1)OC(C)(C)CC2NC(=O)CN(c1ccc(C)cc1)S(=O)(=O)c1ccc(Cl)cc1. The number of amides is 1. The first-order valence-corrected chi connectivity index (χ1v) is 13.3. The third kappa shape index (κ3) is 5.60. The largest absolute Gasteiger partial charge is 0.497 e. The van der Waals surface area contributed by atoms with E-state index < -0.39 is 28.1 Å². The third-order valence-electron chi connectivity index (χ3n) is 6.02. The lowest BCUT2D eigenvalue weighted by Crippen LogP contribution is -2.45. The summed E-state index contributed by atoms with van der Waals surface area (Å²) < 4.78 is 39.7. The van der Waals surface area contributed by atoms with Crippen LogP contribution in [0.5, 0.6) is 11.5 Å². The van der Waals surface area contributed by atoms with Gasteiger partial charge in [-0.3, -0.25) is 9.10 Å². The molecule has 4 rings (SSSR count). The standard InChI is InChI=1S/C27H29ClN2O5S/c1-18-5-9-20(10-6-18)30(36(32,33)22-12-7-19(28)8-13-22)17-26(31)29-24-16-27(2,3)35-25-15-21(34-4)11-14-23(24)25/h5-15,24H,16-17H2,1-4H3,(H,29,31). The number of sulfonamides is 1. The summed E-state index contributed by atoms with van der Waals surface area (Å²) in [6.07, 6.45) is 0.520. The average molecular weight is 529 g/mol. The summed E-state index contributed by atoms with van der Waals surface area (Å²) in [7, 11) is -2.46. The second-order valence-electron chi connectivity index (χ2n) is 9.39. The number of anilines is 1. The maximum Gasteiger partial charge on any atom is 0.264 e. The topological polar surface area (TPSA) is 84.9 Å². The Kier molecular flexibility index (Phi) is 7.20. The van der Waals surface area contributed by atoms with Crippen LogP contribution in [0.2, 0.25) is 5.02 Å². The maximum absolute atomic E-state index is 13.6. The first-order chi connectivity index (χ1) is 17.0. The highest BCUT2D eigenvalue weighted by atomic mass is 35.5. The maximum atomic E-state index is 13.6. The monoisotopic (exact) mass is 528 g/mol. The number of methoxy groups -OCH3 is 1. The van der Waals surface area contributed by atoms with E-state index in [1.54, 1.807) is 25.3 Å². The van der Waals surface area contributed by atoms with Crippen LogP contribution in [-0.4, -0.2) is 33.6 Å². The van der Waals surface area contributed by atoms with Gasteiger partial charge < -0.3 is 14.8 Å². The fourth-order valence-corrected chi connectivity index (χ4v) is 5.76. The normalized spacial score (nSPS) is 16.4. The van der Waals surface area contributed by atoms with Crippen molar-refractivity contribution in [1.82, 2.24) is 5.32 Å². The summed E-state index contributed by atoms with van der Waals surface area (Å²) >= 11 is 5.96. The highest BCUT2D eigenvalue weighted by Crippen LogP contribution is 2.41. The first kappa shape index (κ1) is 25.9. The summed E-state index contributed by atoms with van der Waals surface area (Å²) in [5.74, 6) is 0.841. The third-order valence-corrected chi connectivity index (χ3v) is 8.06. The lowest BCUT2D eigenvalue weighted by molar-refractivity contribution is -0.120. The highest BCUT2D eigenvalue weighted by molar-refractivity contribution is 7.92. The fourth-order valence-electron chi connectivity index (χ4n) is 4.22. The van der Waals surface area contributed by atoms with Crippen LogP contribution in [-0.2, 0) is 14.8 Å². The van der Waals surface area contributed by atoms with Crippen molar-refractivity contribution in [3.8, 4) is 11.5 Å². The van der Waals surface area contributed by atoms with Crippen molar-refractivity contribution < 1.29 is 22.7 Å². The van der Waals surface area contributed by atoms with E-state index in [0.29, 0.717) is 28.6 Å². The van der Waals surface area contributed by atoms with Crippen LogP contribution in [0.1, 0.15) is 37.4 Å². The molecule has 1 aliphatic heterocycles. The second kappa shape index (κ2) is 10.0. The smallest absolute Gasteiger partial charge is 0.264 e. The number of benzene rings is 3. The second-order valence-corrected chi connectivity index (χ2v) is 11.7. The van der Waals surface area contributed by atoms with E-state index in [4.69, 9.17) is 21.1 Å². The minimum absolute atomic E-state index is 0.0462. The number of ether oxygens (including phenoxy) is 2. The van der Waals surface area contributed by atoms with E-state index in [1.807, 2.05) is 45.0 Å². The molecule has 0 spiro atoms. The number of carbonyl (C=O) groups excluding carboxylic acids is 1. The summed E-state index contributed by atoms with van der Waals surface area (Å²) in [6.45, 7) is 5.40. The van der Waals surface area contributed by atoms with Gasteiger partial charge in [0.25, 0.3) is 10.0 Å². The van der Waals surface area contributed by atoms with Gasteiger partial charge in [0.05, 0.1) is 23.7 Å². The molecule has 7 nitrogen and oxygen atoms in total. The average Bonchev–Trinajstić information content (AvgIpc) is 2.82. The number of hydrogen-bond donors (Lipinski definition) is 1. The first-order valence-electron chi connectivity index (χ1n) is 11.5. The van der Waals surface area contributed by atoms with Crippen LogP contribution in [0, 0.1) is 6.92 Å². The van der Waals surface area contributed by atoms with E-state index in [0.717, 1.165) is 15.4 Å². The molecule has 0 radical (unpaired) electrons. The van der Waals surface area contributed by atoms with Crippen molar-refractivity contribution in [3.63, 3.8) is 0 Å². The molecule has 0 aliphatic carbocycles. The number of fused-ring (bicyclic) bond motifs is 1. The molecular formula is C27H29ClN2O5S. The van der Waals surface area contributed by atoms with Crippen molar-refractivity contribution in [3.05, 3.63) is 82.9 Å². The minimum atomic E-state index is -4.04. The van der Waals surface area contributed by atoms with Crippen molar-refractivity contribution in [2.24, 2.45) is 0 Å². The minimum Gasteiger partial charge on any atom is -0.497 e. The Balaban J connectivity index is 1.64. The molecule has 1 unspecified atom stereocenters. The zero-order valence-electron chi connectivity index (χ0n) is 20.6. The van der Waals surface area contributed by atoms with E-state index in [9.17, 15) is 13.2 Å². The molecule has 0 saturated heterocycles. The van der Waals surface area contributed by atoms with Gasteiger partial charge in [-0.15, -0.1) is 0 Å². The lowest BCUT2D eigenvalue weighted by Gasteiger charge is -2.38. The summed E-state index contributed by atoms with van der Waals surface area (Å²) in [4.78, 5) is 13.4. The van der Waals surface area contributed by atoms with Crippen LogP contribution in [0.4, 0.5) is 5.69 Å². The lowest BCUT2D eigenvalue weighted by atomic mass is 9.89. The Morgan fingerprint density at radius 2 is 1.78 bits per heavy atom. The van der Waals surface area contributed by atoms with Gasteiger partial charge >= 0.3 is 0 Å². The van der Waals surface area contributed by atoms with Crippen molar-refractivity contribution >= 4 is 33.2 Å². The molecule has 1 aliphatic rings. The number of nitrogens with one attached hydrogen (secondary N) is 1. The van der Waals surface area contributed by atoms with Gasteiger partial charge in [-0.05, 0) is 69.3 Å². The number of aryl methyl sites for hydroxylation is 1. The molecule has 9 heteroatoms. The molecule has 0 bridgehead atoms. The van der Waals surface area contributed by atoms with Crippen LogP contribution in [0.15, 0.2) is 71.6 Å². The van der Waals surface area contributed by atoms with E-state index >= 15 is 0 Å². The molecule has 3 aromatic carbocycles. The zero-order chi connectivity index (χ0) is 26.1. The van der Waals surface area contributed by atoms with Gasteiger partial charge in [-0.2, -0.15) is 0 Å². The molecule has 190 valence electrons. The van der Waals surface area contributed by atoms with Crippen molar-refractivity contribution in [2.75, 3.05) is 18.0 Å². The van der Waals surface area contributed by atoms with Crippen LogP contribution in [0.3, 0.4) is 0 Å². The molecule has 1 N–H and O–H groups in total. The van der Waals surface area contributed by atoms with Gasteiger partial charge in [-0.1, -0.05) is 29.3 Å². The summed E-state index contributed by atoms with van der Waals surface area (Å²) in [5.41, 5.74) is 1.64. The van der Waals surface area contributed by atoms with E-state index in [2.05, 4.69) is 5.32 Å². The van der Waals surface area contributed by atoms with E-state index in [1.165, 1.54) is 24.3 Å². The zero-order valence-corrected chi connectivity index (χ0v) is 22.2.